The van der Waals surface area contributed by atoms with E-state index in [1.165, 1.54) is 17.7 Å². The average Bonchev–Trinajstić information content (AvgIpc) is 2.58. The Balaban J connectivity index is 1.77. The Labute approximate surface area is 141 Å². The highest BCUT2D eigenvalue weighted by molar-refractivity contribution is 5.95. The van der Waals surface area contributed by atoms with Gasteiger partial charge < -0.3 is 15.7 Å². The number of amides is 2. The molecule has 2 aromatic rings. The van der Waals surface area contributed by atoms with E-state index in [0.717, 1.165) is 0 Å². The molecule has 0 saturated heterocycles. The average molecular weight is 326 g/mol. The van der Waals surface area contributed by atoms with E-state index in [2.05, 4.69) is 24.5 Å². The van der Waals surface area contributed by atoms with Crippen molar-refractivity contribution in [2.24, 2.45) is 0 Å². The first-order valence-electron chi connectivity index (χ1n) is 7.93. The largest absolute Gasteiger partial charge is 0.508 e. The zero-order valence-electron chi connectivity index (χ0n) is 13.9. The molecule has 0 spiro atoms. The van der Waals surface area contributed by atoms with Gasteiger partial charge in [0.2, 0.25) is 0 Å². The molecule has 2 aromatic carbocycles. The van der Waals surface area contributed by atoms with Gasteiger partial charge in [-0.25, -0.2) is 0 Å². The number of rotatable bonds is 6. The second-order valence-corrected chi connectivity index (χ2v) is 5.84. The van der Waals surface area contributed by atoms with E-state index in [-0.39, 0.29) is 17.6 Å². The van der Waals surface area contributed by atoms with Gasteiger partial charge in [0.15, 0.2) is 0 Å². The van der Waals surface area contributed by atoms with Crippen molar-refractivity contribution in [1.29, 1.82) is 0 Å². The molecule has 0 atom stereocenters. The van der Waals surface area contributed by atoms with Crippen LogP contribution < -0.4 is 10.6 Å². The van der Waals surface area contributed by atoms with Crippen molar-refractivity contribution < 1.29 is 14.7 Å². The van der Waals surface area contributed by atoms with E-state index in [0.29, 0.717) is 30.1 Å². The molecule has 0 saturated carbocycles. The van der Waals surface area contributed by atoms with Crippen molar-refractivity contribution in [2.75, 3.05) is 13.1 Å². The van der Waals surface area contributed by atoms with E-state index in [1.807, 2.05) is 12.1 Å². The maximum absolute atomic E-state index is 12.0. The Morgan fingerprint density at radius 3 is 2.04 bits per heavy atom. The fraction of sp³-hybridized carbons (Fsp3) is 0.263. The molecule has 3 N–H and O–H groups in total. The maximum Gasteiger partial charge on any atom is 0.251 e. The Kier molecular flexibility index (Phi) is 5.95. The van der Waals surface area contributed by atoms with Crippen molar-refractivity contribution in [3.05, 3.63) is 65.2 Å². The zero-order valence-corrected chi connectivity index (χ0v) is 13.9. The standard InChI is InChI=1S/C19H22N2O3/c1-13(2)14-6-8-15(9-7-14)18(23)20-10-11-21-19(24)16-4-3-5-17(22)12-16/h3-9,12-13,22H,10-11H2,1-2H3,(H,20,23)(H,21,24). The predicted molar refractivity (Wildman–Crippen MR) is 93.3 cm³/mol. The molecule has 5 nitrogen and oxygen atoms in total. The summed E-state index contributed by atoms with van der Waals surface area (Å²) in [4.78, 5) is 23.9. The maximum atomic E-state index is 12.0. The van der Waals surface area contributed by atoms with Crippen LogP contribution in [0.1, 0.15) is 46.0 Å². The van der Waals surface area contributed by atoms with Gasteiger partial charge in [0.1, 0.15) is 5.75 Å². The van der Waals surface area contributed by atoms with Gasteiger partial charge in [0, 0.05) is 24.2 Å². The summed E-state index contributed by atoms with van der Waals surface area (Å²) >= 11 is 0. The summed E-state index contributed by atoms with van der Waals surface area (Å²) in [7, 11) is 0. The molecule has 0 aromatic heterocycles. The second kappa shape index (κ2) is 8.15. The van der Waals surface area contributed by atoms with Crippen LogP contribution in [0.25, 0.3) is 0 Å². The quantitative estimate of drug-likeness (QED) is 0.714. The lowest BCUT2D eigenvalue weighted by atomic mass is 10.0. The van der Waals surface area contributed by atoms with Crippen molar-refractivity contribution in [3.8, 4) is 5.75 Å². The minimum absolute atomic E-state index is 0.0424. The van der Waals surface area contributed by atoms with Crippen LogP contribution in [-0.2, 0) is 0 Å². The zero-order chi connectivity index (χ0) is 17.5. The molecule has 5 heteroatoms. The second-order valence-electron chi connectivity index (χ2n) is 5.84. The molecule has 0 bridgehead atoms. The number of nitrogens with one attached hydrogen (secondary N) is 2. The van der Waals surface area contributed by atoms with Gasteiger partial charge >= 0.3 is 0 Å². The molecule has 2 amide bonds. The highest BCUT2D eigenvalue weighted by atomic mass is 16.3. The minimum Gasteiger partial charge on any atom is -0.508 e. The molecule has 0 unspecified atom stereocenters. The van der Waals surface area contributed by atoms with Gasteiger partial charge in [-0.05, 0) is 41.8 Å². The predicted octanol–water partition coefficient (Wildman–Crippen LogP) is 2.68. The van der Waals surface area contributed by atoms with Crippen molar-refractivity contribution in [1.82, 2.24) is 10.6 Å². The Hall–Kier alpha value is -2.82. The normalized spacial score (nSPS) is 10.5. The Morgan fingerprint density at radius 2 is 1.50 bits per heavy atom. The van der Waals surface area contributed by atoms with Crippen molar-refractivity contribution in [2.45, 2.75) is 19.8 Å². The fourth-order valence-electron chi connectivity index (χ4n) is 2.22. The molecule has 0 fully saturated rings. The third-order valence-corrected chi connectivity index (χ3v) is 3.64. The summed E-state index contributed by atoms with van der Waals surface area (Å²) < 4.78 is 0. The summed E-state index contributed by atoms with van der Waals surface area (Å²) in [6.45, 7) is 4.84. The number of aromatic hydroxyl groups is 1. The van der Waals surface area contributed by atoms with Crippen LogP contribution in [0.2, 0.25) is 0 Å². The topological polar surface area (TPSA) is 78.4 Å². The molecule has 2 rings (SSSR count). The summed E-state index contributed by atoms with van der Waals surface area (Å²) in [6, 6.07) is 13.6. The van der Waals surface area contributed by atoms with E-state index < -0.39 is 0 Å². The lowest BCUT2D eigenvalue weighted by molar-refractivity contribution is 0.0927. The van der Waals surface area contributed by atoms with Gasteiger partial charge in [-0.2, -0.15) is 0 Å². The summed E-state index contributed by atoms with van der Waals surface area (Å²) in [5.41, 5.74) is 2.16. The van der Waals surface area contributed by atoms with Crippen LogP contribution in [0, 0.1) is 0 Å². The van der Waals surface area contributed by atoms with E-state index in [9.17, 15) is 14.7 Å². The summed E-state index contributed by atoms with van der Waals surface area (Å²) in [5, 5.41) is 14.8. The van der Waals surface area contributed by atoms with Gasteiger partial charge in [-0.15, -0.1) is 0 Å². The van der Waals surface area contributed by atoms with Crippen LogP contribution >= 0.6 is 0 Å². The van der Waals surface area contributed by atoms with Crippen LogP contribution in [0.5, 0.6) is 5.75 Å². The van der Waals surface area contributed by atoms with Crippen LogP contribution in [0.4, 0.5) is 0 Å². The molecule has 0 radical (unpaired) electrons. The minimum atomic E-state index is -0.290. The van der Waals surface area contributed by atoms with Crippen molar-refractivity contribution in [3.63, 3.8) is 0 Å². The van der Waals surface area contributed by atoms with E-state index in [4.69, 9.17) is 0 Å². The Bertz CT molecular complexity index is 709. The van der Waals surface area contributed by atoms with Crippen LogP contribution in [0.15, 0.2) is 48.5 Å². The molecule has 0 aliphatic carbocycles. The van der Waals surface area contributed by atoms with Crippen LogP contribution in [0.3, 0.4) is 0 Å². The molecule has 24 heavy (non-hydrogen) atoms. The third-order valence-electron chi connectivity index (χ3n) is 3.64. The SMILES string of the molecule is CC(C)c1ccc(C(=O)NCCNC(=O)c2cccc(O)c2)cc1. The lowest BCUT2D eigenvalue weighted by Crippen LogP contribution is -2.34. The Morgan fingerprint density at radius 1 is 0.917 bits per heavy atom. The smallest absolute Gasteiger partial charge is 0.251 e. The van der Waals surface area contributed by atoms with E-state index in [1.54, 1.807) is 24.3 Å². The fourth-order valence-corrected chi connectivity index (χ4v) is 2.22. The molecule has 0 aliphatic rings. The van der Waals surface area contributed by atoms with Crippen LogP contribution in [-0.4, -0.2) is 30.0 Å². The monoisotopic (exact) mass is 326 g/mol. The highest BCUT2D eigenvalue weighted by Crippen LogP contribution is 2.14. The number of hydrogen-bond donors (Lipinski definition) is 3. The summed E-state index contributed by atoms with van der Waals surface area (Å²) in [6.07, 6.45) is 0. The van der Waals surface area contributed by atoms with Gasteiger partial charge in [0.05, 0.1) is 0 Å². The third kappa shape index (κ3) is 4.84. The van der Waals surface area contributed by atoms with Gasteiger partial charge in [0.25, 0.3) is 11.8 Å². The number of carbonyl (C=O) groups is 2. The first-order chi connectivity index (χ1) is 11.5. The number of phenolic OH excluding ortho intramolecular Hbond substituents is 1. The highest BCUT2D eigenvalue weighted by Gasteiger charge is 2.08. The first kappa shape index (κ1) is 17.5. The summed E-state index contributed by atoms with van der Waals surface area (Å²) in [5.74, 6) is 0.00823. The van der Waals surface area contributed by atoms with Crippen molar-refractivity contribution >= 4 is 11.8 Å². The molecular formula is C19H22N2O3. The number of phenols is 1. The molecule has 126 valence electrons. The number of carbonyl (C=O) groups excluding carboxylic acids is 2. The number of benzene rings is 2. The van der Waals surface area contributed by atoms with Gasteiger partial charge in [-0.1, -0.05) is 32.0 Å². The first-order valence-corrected chi connectivity index (χ1v) is 7.93. The lowest BCUT2D eigenvalue weighted by Gasteiger charge is -2.09. The number of hydrogen-bond acceptors (Lipinski definition) is 3. The molecule has 0 heterocycles. The molecule has 0 aliphatic heterocycles. The molecular weight excluding hydrogens is 304 g/mol. The van der Waals surface area contributed by atoms with Gasteiger partial charge in [-0.3, -0.25) is 9.59 Å². The van der Waals surface area contributed by atoms with E-state index >= 15 is 0 Å².